The Bertz CT molecular complexity index is 1040. The summed E-state index contributed by atoms with van der Waals surface area (Å²) in [6, 6.07) is -0.593. The molecule has 8 atom stereocenters. The maximum atomic E-state index is 13.3. The summed E-state index contributed by atoms with van der Waals surface area (Å²) >= 11 is 6.70. The lowest BCUT2D eigenvalue weighted by molar-refractivity contribution is -0.139. The summed E-state index contributed by atoms with van der Waals surface area (Å²) in [5.74, 6) is -1.11. The molecular weight excluding hydrogens is 509 g/mol. The van der Waals surface area contributed by atoms with Crippen LogP contribution in [-0.2, 0) is 32.4 Å². The molecule has 4 aliphatic heterocycles. The average Bonchev–Trinajstić information content (AvgIpc) is 3.41. The molecule has 5 fully saturated rings. The van der Waals surface area contributed by atoms with Crippen molar-refractivity contribution < 1.29 is 42.6 Å². The first-order chi connectivity index (χ1) is 16.2. The second-order valence-electron chi connectivity index (χ2n) is 9.10. The minimum absolute atomic E-state index is 0.0111. The lowest BCUT2D eigenvalue weighted by Crippen LogP contribution is -2.65. The number of fused-ring (bicyclic) bond motifs is 6. The number of rotatable bonds is 3. The largest absolute Gasteiger partial charge is 0.507 e. The summed E-state index contributed by atoms with van der Waals surface area (Å²) in [5, 5.41) is 24.4. The van der Waals surface area contributed by atoms with Crippen molar-refractivity contribution in [2.24, 2.45) is 17.8 Å². The van der Waals surface area contributed by atoms with Crippen LogP contribution in [0.4, 0.5) is 0 Å². The monoisotopic (exact) mass is 533 g/mol. The summed E-state index contributed by atoms with van der Waals surface area (Å²) in [6.07, 6.45) is -0.785. The molecule has 6 aliphatic rings. The molecule has 34 heavy (non-hydrogen) atoms. The highest BCUT2D eigenvalue weighted by molar-refractivity contribution is 8.22. The van der Waals surface area contributed by atoms with Gasteiger partial charge in [-0.05, 0) is 18.4 Å². The maximum Gasteiger partial charge on any atom is 0.476 e. The van der Waals surface area contributed by atoms with Crippen molar-refractivity contribution >= 4 is 42.0 Å². The third-order valence-electron chi connectivity index (χ3n) is 7.01. The Morgan fingerprint density at radius 1 is 1.35 bits per heavy atom. The quantitative estimate of drug-likeness (QED) is 0.349. The Morgan fingerprint density at radius 2 is 2.15 bits per heavy atom. The number of phosphoric acid groups is 1. The third-order valence-corrected chi connectivity index (χ3v) is 10.2. The molecule has 4 saturated heterocycles. The van der Waals surface area contributed by atoms with Gasteiger partial charge in [-0.15, -0.1) is 0 Å². The van der Waals surface area contributed by atoms with E-state index in [0.717, 1.165) is 4.32 Å². The van der Waals surface area contributed by atoms with Gasteiger partial charge in [-0.2, -0.15) is 0 Å². The van der Waals surface area contributed by atoms with Crippen LogP contribution in [0.3, 0.4) is 0 Å². The summed E-state index contributed by atoms with van der Waals surface area (Å²) in [5.41, 5.74) is 0. The smallest absolute Gasteiger partial charge is 0.476 e. The molecule has 0 spiro atoms. The summed E-state index contributed by atoms with van der Waals surface area (Å²) in [7, 11) is -2.14. The number of thioether (sulfide) groups is 1. The van der Waals surface area contributed by atoms with Crippen molar-refractivity contribution in [3.8, 4) is 0 Å². The number of carbonyl (C=O) groups is 1. The predicted molar refractivity (Wildman–Crippen MR) is 121 cm³/mol. The molecule has 4 heterocycles. The number of ether oxygens (including phenoxy) is 2. The van der Waals surface area contributed by atoms with Crippen LogP contribution in [-0.4, -0.2) is 87.7 Å². The molecule has 2 aliphatic carbocycles. The van der Waals surface area contributed by atoms with Crippen LogP contribution in [0.5, 0.6) is 0 Å². The fourth-order valence-corrected chi connectivity index (χ4v) is 8.00. The normalized spacial score (nSPS) is 43.8. The summed E-state index contributed by atoms with van der Waals surface area (Å²) in [6.45, 7) is 0.454. The number of aliphatic hydroxyl groups excluding tert-OH is 2. The van der Waals surface area contributed by atoms with Gasteiger partial charge in [0.2, 0.25) is 18.5 Å². The van der Waals surface area contributed by atoms with Crippen molar-refractivity contribution in [3.63, 3.8) is 0 Å². The molecule has 6 rings (SSSR count). The molecule has 186 valence electrons. The van der Waals surface area contributed by atoms with E-state index >= 15 is 0 Å². The van der Waals surface area contributed by atoms with Crippen LogP contribution in [0.1, 0.15) is 6.42 Å². The summed E-state index contributed by atoms with van der Waals surface area (Å²) in [4.78, 5) is 16.7. The number of carbonyl (C=O) groups excluding carboxylic acids is 1. The van der Waals surface area contributed by atoms with Crippen LogP contribution in [0, 0.1) is 17.8 Å². The van der Waals surface area contributed by atoms with E-state index < -0.39 is 49.9 Å². The number of piperidine rings is 1. The Morgan fingerprint density at radius 3 is 2.94 bits per heavy atom. The number of hydrogen-bond donors (Lipinski definition) is 3. The molecule has 0 aromatic carbocycles. The number of nitrogens with one attached hydrogen (secondary N) is 1. The standard InChI is InChI=1S/C19H24N3O9PS2/c1-21-4-22(6-34-19(21)33)5-29-32(26)30-15-10(23)2-9-8-3-11-16(28-7-27-11)14(24)12(8)18(25)20-13(9)17(15)31-32/h3,8-10,12-13,15,17,23-24H,2,4-7H2,1H3,(H,20,25)/t8?,9-,10+,12?,13-,15-,17+,32?/m1/s1. The molecule has 15 heteroatoms. The Hall–Kier alpha value is -1.38. The van der Waals surface area contributed by atoms with E-state index in [0.29, 0.717) is 18.3 Å². The van der Waals surface area contributed by atoms with E-state index in [1.165, 1.54) is 11.8 Å². The molecule has 1 saturated carbocycles. The maximum absolute atomic E-state index is 13.3. The van der Waals surface area contributed by atoms with Gasteiger partial charge in [0.05, 0.1) is 24.7 Å². The Kier molecular flexibility index (Phi) is 5.65. The van der Waals surface area contributed by atoms with E-state index in [4.69, 9.17) is 35.3 Å². The van der Waals surface area contributed by atoms with Crippen molar-refractivity contribution in [2.75, 3.05) is 33.1 Å². The van der Waals surface area contributed by atoms with Gasteiger partial charge in [-0.3, -0.25) is 23.3 Å². The first kappa shape index (κ1) is 23.0. The van der Waals surface area contributed by atoms with Crippen LogP contribution in [0.15, 0.2) is 23.4 Å². The SMILES string of the molecule is CN1CN(COP2(=O)O[C@H]3[C@@H]4NC(=O)C5C(O)=C6OCOC6=CC5[C@H]4C[C@H](O)[C@H]3O2)CSC1=S. The number of nitrogens with zero attached hydrogens (tertiary/aromatic N) is 2. The molecule has 3 unspecified atom stereocenters. The minimum Gasteiger partial charge on any atom is -0.507 e. The predicted octanol–water partition coefficient (Wildman–Crippen LogP) is 0.816. The van der Waals surface area contributed by atoms with Gasteiger partial charge >= 0.3 is 7.82 Å². The highest BCUT2D eigenvalue weighted by Gasteiger charge is 2.62. The molecule has 0 radical (unpaired) electrons. The number of amides is 1. The first-order valence-electron chi connectivity index (χ1n) is 10.8. The fraction of sp³-hybridized carbons (Fsp3) is 0.684. The number of hydrogen-bond acceptors (Lipinski definition) is 12. The van der Waals surface area contributed by atoms with Crippen molar-refractivity contribution in [1.82, 2.24) is 15.1 Å². The number of allylic oxidation sites excluding steroid dienone is 1. The van der Waals surface area contributed by atoms with Gasteiger partial charge in [0, 0.05) is 13.0 Å². The van der Waals surface area contributed by atoms with E-state index in [9.17, 15) is 19.6 Å². The van der Waals surface area contributed by atoms with E-state index in [2.05, 4.69) is 5.32 Å². The van der Waals surface area contributed by atoms with E-state index in [-0.39, 0.29) is 37.4 Å². The highest BCUT2D eigenvalue weighted by atomic mass is 32.2. The molecule has 0 aromatic heterocycles. The number of thiocarbonyl (C=S) groups is 1. The summed E-state index contributed by atoms with van der Waals surface area (Å²) < 4.78 is 41.8. The number of aliphatic hydroxyl groups is 2. The molecule has 0 bridgehead atoms. The van der Waals surface area contributed by atoms with Crippen molar-refractivity contribution in [2.45, 2.75) is 30.8 Å². The van der Waals surface area contributed by atoms with E-state index in [1.54, 1.807) is 6.08 Å². The lowest BCUT2D eigenvalue weighted by Gasteiger charge is -2.49. The zero-order chi connectivity index (χ0) is 23.8. The second kappa shape index (κ2) is 8.34. The Labute approximate surface area is 204 Å². The van der Waals surface area contributed by atoms with Crippen LogP contribution in [0.2, 0.25) is 0 Å². The van der Waals surface area contributed by atoms with Crippen LogP contribution in [0.25, 0.3) is 0 Å². The molecule has 12 nitrogen and oxygen atoms in total. The molecule has 0 aromatic rings. The minimum atomic E-state index is -4.00. The fourth-order valence-electron chi connectivity index (χ4n) is 5.47. The topological polar surface area (TPSA) is 139 Å². The second-order valence-corrected chi connectivity index (χ2v) is 12.3. The van der Waals surface area contributed by atoms with Crippen LogP contribution < -0.4 is 5.32 Å². The van der Waals surface area contributed by atoms with Gasteiger partial charge < -0.3 is 29.9 Å². The zero-order valence-electron chi connectivity index (χ0n) is 18.1. The number of phosphoric ester groups is 1. The van der Waals surface area contributed by atoms with Gasteiger partial charge in [0.25, 0.3) is 0 Å². The van der Waals surface area contributed by atoms with Crippen molar-refractivity contribution in [3.05, 3.63) is 23.4 Å². The van der Waals surface area contributed by atoms with Crippen molar-refractivity contribution in [1.29, 1.82) is 0 Å². The highest BCUT2D eigenvalue weighted by Crippen LogP contribution is 2.62. The van der Waals surface area contributed by atoms with Gasteiger partial charge in [0.1, 0.15) is 29.2 Å². The lowest BCUT2D eigenvalue weighted by atomic mass is 9.64. The molecule has 1 amide bonds. The van der Waals surface area contributed by atoms with Gasteiger partial charge in [0.15, 0.2) is 11.5 Å². The third kappa shape index (κ3) is 3.66. The Balaban J connectivity index is 1.20. The molecular formula is C19H24N3O9PS2. The first-order valence-corrected chi connectivity index (χ1v) is 13.7. The zero-order valence-corrected chi connectivity index (χ0v) is 20.6. The van der Waals surface area contributed by atoms with Gasteiger partial charge in [-0.1, -0.05) is 24.0 Å². The average molecular weight is 534 g/mol. The van der Waals surface area contributed by atoms with Crippen LogP contribution >= 0.6 is 31.8 Å². The van der Waals surface area contributed by atoms with E-state index in [1.807, 2.05) is 16.8 Å². The van der Waals surface area contributed by atoms with Gasteiger partial charge in [-0.25, -0.2) is 4.57 Å². The molecule has 3 N–H and O–H groups in total.